The molecule has 0 saturated heterocycles. The Hall–Kier alpha value is -1.60. The minimum atomic E-state index is -0.432. The summed E-state index contributed by atoms with van der Waals surface area (Å²) in [5.41, 5.74) is 1.15. The third kappa shape index (κ3) is 3.49. The molecule has 106 valence electrons. The molecule has 0 unspecified atom stereocenters. The third-order valence-electron chi connectivity index (χ3n) is 2.40. The molecule has 0 saturated carbocycles. The molecule has 0 amide bonds. The van der Waals surface area contributed by atoms with Crippen molar-refractivity contribution in [3.8, 4) is 5.75 Å². The van der Waals surface area contributed by atoms with Crippen LogP contribution in [0.2, 0.25) is 0 Å². The zero-order valence-electron chi connectivity index (χ0n) is 11.0. The van der Waals surface area contributed by atoms with Crippen LogP contribution in [0.15, 0.2) is 28.1 Å². The van der Waals surface area contributed by atoms with Gasteiger partial charge in [-0.15, -0.1) is 0 Å². The van der Waals surface area contributed by atoms with Gasteiger partial charge in [0.2, 0.25) is 0 Å². The van der Waals surface area contributed by atoms with Crippen molar-refractivity contribution in [3.05, 3.63) is 33.7 Å². The van der Waals surface area contributed by atoms with E-state index in [9.17, 15) is 4.79 Å². The van der Waals surface area contributed by atoms with Gasteiger partial charge in [-0.05, 0) is 47.1 Å². The lowest BCUT2D eigenvalue weighted by molar-refractivity contribution is 0.0519. The fourth-order valence-electron chi connectivity index (χ4n) is 1.48. The summed E-state index contributed by atoms with van der Waals surface area (Å²) in [6, 6.07) is 7.44. The molecule has 5 nitrogen and oxygen atoms in total. The van der Waals surface area contributed by atoms with Crippen molar-refractivity contribution < 1.29 is 14.3 Å². The number of carbonyl (C=O) groups is 1. The monoisotopic (exact) mass is 356 g/mol. The first kappa shape index (κ1) is 14.8. The number of benzene rings is 1. The Morgan fingerprint density at radius 1 is 1.40 bits per heavy atom. The van der Waals surface area contributed by atoms with Crippen LogP contribution in [0.4, 0.5) is 10.8 Å². The summed E-state index contributed by atoms with van der Waals surface area (Å²) in [7, 11) is 1.62. The predicted molar refractivity (Wildman–Crippen MR) is 82.0 cm³/mol. The topological polar surface area (TPSA) is 60.5 Å². The molecule has 1 N–H and O–H groups in total. The molecule has 0 aliphatic heterocycles. The van der Waals surface area contributed by atoms with Gasteiger partial charge in [0, 0.05) is 5.69 Å². The summed E-state index contributed by atoms with van der Waals surface area (Å²) in [6.07, 6.45) is 0. The average Bonchev–Trinajstić information content (AvgIpc) is 2.81. The number of esters is 1. The van der Waals surface area contributed by atoms with E-state index in [-0.39, 0.29) is 5.69 Å². The molecule has 1 heterocycles. The van der Waals surface area contributed by atoms with Crippen LogP contribution in [0.3, 0.4) is 0 Å². The molecule has 0 spiro atoms. The van der Waals surface area contributed by atoms with Gasteiger partial charge in [0.05, 0.1) is 13.7 Å². The van der Waals surface area contributed by atoms with Crippen LogP contribution < -0.4 is 10.1 Å². The molecule has 1 aromatic carbocycles. The number of halogens is 1. The molecule has 2 aromatic rings. The number of nitrogens with one attached hydrogen (secondary N) is 1. The van der Waals surface area contributed by atoms with E-state index in [1.807, 2.05) is 24.3 Å². The van der Waals surface area contributed by atoms with Crippen molar-refractivity contribution in [2.75, 3.05) is 19.0 Å². The summed E-state index contributed by atoms with van der Waals surface area (Å²) in [6.45, 7) is 2.08. The van der Waals surface area contributed by atoms with E-state index in [0.29, 0.717) is 15.5 Å². The Balaban J connectivity index is 2.13. The van der Waals surface area contributed by atoms with Crippen LogP contribution in [0, 0.1) is 0 Å². The molecular weight excluding hydrogens is 344 g/mol. The first-order valence-electron chi connectivity index (χ1n) is 5.88. The van der Waals surface area contributed by atoms with Crippen molar-refractivity contribution in [2.45, 2.75) is 6.92 Å². The fourth-order valence-corrected chi connectivity index (χ4v) is 2.89. The number of carbonyl (C=O) groups excluding carboxylic acids is 1. The van der Waals surface area contributed by atoms with Gasteiger partial charge in [-0.1, -0.05) is 11.3 Å². The van der Waals surface area contributed by atoms with E-state index >= 15 is 0 Å². The second-order valence-corrected chi connectivity index (χ2v) is 6.03. The van der Waals surface area contributed by atoms with Gasteiger partial charge >= 0.3 is 5.97 Å². The van der Waals surface area contributed by atoms with Crippen LogP contribution >= 0.6 is 27.3 Å². The van der Waals surface area contributed by atoms with Gasteiger partial charge in [0.25, 0.3) is 0 Å². The van der Waals surface area contributed by atoms with Crippen LogP contribution in [-0.4, -0.2) is 24.7 Å². The highest BCUT2D eigenvalue weighted by atomic mass is 79.9. The maximum atomic E-state index is 11.7. The maximum absolute atomic E-state index is 11.7. The maximum Gasteiger partial charge on any atom is 0.359 e. The van der Waals surface area contributed by atoms with Gasteiger partial charge in [-0.2, -0.15) is 0 Å². The van der Waals surface area contributed by atoms with E-state index in [2.05, 4.69) is 26.2 Å². The number of aromatic nitrogens is 1. The highest BCUT2D eigenvalue weighted by Crippen LogP contribution is 2.31. The van der Waals surface area contributed by atoms with Gasteiger partial charge in [0.15, 0.2) is 10.8 Å². The molecule has 0 bridgehead atoms. The Bertz CT molecular complexity index is 598. The molecule has 0 fully saturated rings. The molecule has 0 aliphatic rings. The van der Waals surface area contributed by atoms with E-state index in [1.54, 1.807) is 14.0 Å². The molecule has 20 heavy (non-hydrogen) atoms. The number of hydrogen-bond acceptors (Lipinski definition) is 6. The molecule has 2 rings (SSSR count). The zero-order valence-corrected chi connectivity index (χ0v) is 13.4. The number of rotatable bonds is 5. The normalized spacial score (nSPS) is 10.2. The molecule has 0 aliphatic carbocycles. The molecular formula is C13H13BrN2O3S. The minimum absolute atomic E-state index is 0.285. The van der Waals surface area contributed by atoms with Gasteiger partial charge in [-0.3, -0.25) is 0 Å². The number of nitrogens with zero attached hydrogens (tertiary/aromatic N) is 1. The van der Waals surface area contributed by atoms with Gasteiger partial charge < -0.3 is 14.8 Å². The van der Waals surface area contributed by atoms with Gasteiger partial charge in [-0.25, -0.2) is 9.78 Å². The van der Waals surface area contributed by atoms with Crippen LogP contribution in [0.5, 0.6) is 5.75 Å². The Labute approximate surface area is 129 Å². The highest BCUT2D eigenvalue weighted by molar-refractivity contribution is 9.11. The number of anilines is 2. The Morgan fingerprint density at radius 3 is 2.70 bits per heavy atom. The minimum Gasteiger partial charge on any atom is -0.497 e. The average molecular weight is 357 g/mol. The van der Waals surface area contributed by atoms with Crippen molar-refractivity contribution in [1.29, 1.82) is 0 Å². The van der Waals surface area contributed by atoms with Crippen LogP contribution in [-0.2, 0) is 4.74 Å². The number of thiazole rings is 1. The molecule has 0 radical (unpaired) electrons. The lowest BCUT2D eigenvalue weighted by Gasteiger charge is -2.03. The number of ether oxygens (including phenoxy) is 2. The van der Waals surface area contributed by atoms with Crippen LogP contribution in [0.1, 0.15) is 17.4 Å². The van der Waals surface area contributed by atoms with E-state index in [1.165, 1.54) is 11.3 Å². The smallest absolute Gasteiger partial charge is 0.359 e. The summed E-state index contributed by atoms with van der Waals surface area (Å²) in [5, 5.41) is 3.74. The fraction of sp³-hybridized carbons (Fsp3) is 0.231. The summed E-state index contributed by atoms with van der Waals surface area (Å²) < 4.78 is 10.7. The van der Waals surface area contributed by atoms with Crippen molar-refractivity contribution in [1.82, 2.24) is 4.98 Å². The Morgan fingerprint density at radius 2 is 2.10 bits per heavy atom. The summed E-state index contributed by atoms with van der Waals surface area (Å²) in [4.78, 5) is 15.9. The van der Waals surface area contributed by atoms with Gasteiger partial charge in [0.1, 0.15) is 9.54 Å². The molecule has 1 aromatic heterocycles. The largest absolute Gasteiger partial charge is 0.497 e. The molecule has 7 heteroatoms. The lowest BCUT2D eigenvalue weighted by atomic mass is 10.3. The lowest BCUT2D eigenvalue weighted by Crippen LogP contribution is -2.05. The van der Waals surface area contributed by atoms with Crippen molar-refractivity contribution in [3.63, 3.8) is 0 Å². The standard InChI is InChI=1S/C13H13BrN2O3S/c1-3-19-12(17)10-11(14)20-13(16-10)15-8-4-6-9(18-2)7-5-8/h4-7H,3H2,1-2H3,(H,15,16). The first-order chi connectivity index (χ1) is 9.63. The van der Waals surface area contributed by atoms with Crippen LogP contribution in [0.25, 0.3) is 0 Å². The second-order valence-electron chi connectivity index (χ2n) is 3.72. The Kier molecular flexibility index (Phi) is 4.97. The quantitative estimate of drug-likeness (QED) is 0.824. The highest BCUT2D eigenvalue weighted by Gasteiger charge is 2.17. The zero-order chi connectivity index (χ0) is 14.5. The second kappa shape index (κ2) is 6.71. The molecule has 0 atom stereocenters. The van der Waals surface area contributed by atoms with E-state index < -0.39 is 5.97 Å². The van der Waals surface area contributed by atoms with E-state index in [0.717, 1.165) is 11.4 Å². The third-order valence-corrected chi connectivity index (χ3v) is 4.02. The van der Waals surface area contributed by atoms with Crippen molar-refractivity contribution >= 4 is 44.1 Å². The summed E-state index contributed by atoms with van der Waals surface area (Å²) >= 11 is 4.65. The van der Waals surface area contributed by atoms with Crippen molar-refractivity contribution in [2.24, 2.45) is 0 Å². The summed E-state index contributed by atoms with van der Waals surface area (Å²) in [5.74, 6) is 0.349. The first-order valence-corrected chi connectivity index (χ1v) is 7.49. The SMILES string of the molecule is CCOC(=O)c1nc(Nc2ccc(OC)cc2)sc1Br. The number of methoxy groups -OCH3 is 1. The van der Waals surface area contributed by atoms with E-state index in [4.69, 9.17) is 9.47 Å². The predicted octanol–water partition coefficient (Wildman–Crippen LogP) is 3.83. The number of hydrogen-bond donors (Lipinski definition) is 1.